The summed E-state index contributed by atoms with van der Waals surface area (Å²) in [6.45, 7) is 5.39. The molecular weight excluding hydrogens is 492 g/mol. The van der Waals surface area contributed by atoms with Crippen molar-refractivity contribution in [2.45, 2.75) is 5.92 Å². The molecule has 11 nitrogen and oxygen atoms in total. The zero-order valence-corrected chi connectivity index (χ0v) is 21.6. The van der Waals surface area contributed by atoms with Crippen molar-refractivity contribution in [3.63, 3.8) is 0 Å². The van der Waals surface area contributed by atoms with Crippen LogP contribution in [-0.2, 0) is 28.4 Å². The quantitative estimate of drug-likeness (QED) is 0.119. The zero-order chi connectivity index (χ0) is 26.7. The second-order valence-corrected chi connectivity index (χ2v) is 8.27. The first-order chi connectivity index (χ1) is 18.8. The molecule has 206 valence electrons. The van der Waals surface area contributed by atoms with Gasteiger partial charge in [-0.25, -0.2) is 4.79 Å². The topological polar surface area (TPSA) is 133 Å². The van der Waals surface area contributed by atoms with Crippen LogP contribution in [0, 0.1) is 0 Å². The molecule has 1 N–H and O–H groups in total. The van der Waals surface area contributed by atoms with Crippen LogP contribution in [0.4, 0.5) is 4.79 Å². The number of azide groups is 1. The molecule has 0 aromatic heterocycles. The number of nitrogens with one attached hydrogen (secondary N) is 1. The molecule has 0 aliphatic heterocycles. The molecule has 38 heavy (non-hydrogen) atoms. The van der Waals surface area contributed by atoms with E-state index in [2.05, 4.69) is 39.6 Å². The van der Waals surface area contributed by atoms with Crippen molar-refractivity contribution in [1.82, 2.24) is 5.32 Å². The SMILES string of the molecule is [N-]=[N+]=NCCOCCOCCOCCOCCOCCNC(=O)OCC1c2ccccc2-c2ccccc21. The van der Waals surface area contributed by atoms with E-state index in [1.54, 1.807) is 0 Å². The Morgan fingerprint density at radius 2 is 1.21 bits per heavy atom. The maximum atomic E-state index is 12.1. The number of hydrogen-bond donors (Lipinski definition) is 1. The van der Waals surface area contributed by atoms with Crippen LogP contribution in [0.25, 0.3) is 21.6 Å². The lowest BCUT2D eigenvalue weighted by atomic mass is 9.98. The second-order valence-electron chi connectivity index (χ2n) is 8.27. The van der Waals surface area contributed by atoms with Crippen molar-refractivity contribution < 1.29 is 33.2 Å². The van der Waals surface area contributed by atoms with Crippen LogP contribution in [-0.4, -0.2) is 91.9 Å². The van der Waals surface area contributed by atoms with Crippen LogP contribution in [0.2, 0.25) is 0 Å². The average molecular weight is 529 g/mol. The van der Waals surface area contributed by atoms with Gasteiger partial charge in [0.25, 0.3) is 0 Å². The van der Waals surface area contributed by atoms with E-state index in [1.165, 1.54) is 22.3 Å². The fraction of sp³-hybridized carbons (Fsp3) is 0.519. The molecule has 3 rings (SSSR count). The highest BCUT2D eigenvalue weighted by atomic mass is 16.6. The third-order valence-electron chi connectivity index (χ3n) is 5.75. The van der Waals surface area contributed by atoms with Gasteiger partial charge >= 0.3 is 6.09 Å². The van der Waals surface area contributed by atoms with Crippen molar-refractivity contribution in [1.29, 1.82) is 0 Å². The highest BCUT2D eigenvalue weighted by molar-refractivity contribution is 5.79. The fourth-order valence-electron chi connectivity index (χ4n) is 4.01. The molecule has 1 aliphatic rings. The number of carbonyl (C=O) groups excluding carboxylic acids is 1. The molecule has 0 heterocycles. The minimum absolute atomic E-state index is 0.0416. The van der Waals surface area contributed by atoms with Gasteiger partial charge in [-0.2, -0.15) is 0 Å². The number of alkyl carbamates (subject to hydrolysis) is 1. The summed E-state index contributed by atoms with van der Waals surface area (Å²) in [7, 11) is 0. The van der Waals surface area contributed by atoms with Crippen LogP contribution in [0.1, 0.15) is 17.0 Å². The minimum atomic E-state index is -0.453. The number of nitrogens with zero attached hydrogens (tertiary/aromatic N) is 3. The van der Waals surface area contributed by atoms with Gasteiger partial charge in [-0.1, -0.05) is 53.6 Å². The highest BCUT2D eigenvalue weighted by Gasteiger charge is 2.28. The van der Waals surface area contributed by atoms with Crippen LogP contribution in [0.15, 0.2) is 53.6 Å². The summed E-state index contributed by atoms with van der Waals surface area (Å²) in [4.78, 5) is 14.8. The van der Waals surface area contributed by atoms with Crippen LogP contribution in [0.5, 0.6) is 0 Å². The number of ether oxygens (including phenoxy) is 6. The Morgan fingerprint density at radius 1 is 0.737 bits per heavy atom. The van der Waals surface area contributed by atoms with Crippen LogP contribution in [0.3, 0.4) is 0 Å². The second kappa shape index (κ2) is 18.1. The van der Waals surface area contributed by atoms with Crippen molar-refractivity contribution in [3.8, 4) is 11.1 Å². The number of rotatable bonds is 20. The molecule has 0 unspecified atom stereocenters. The molecule has 0 fully saturated rings. The van der Waals surface area contributed by atoms with Gasteiger partial charge in [0, 0.05) is 23.9 Å². The Labute approximate surface area is 222 Å². The number of carbonyl (C=O) groups is 1. The van der Waals surface area contributed by atoms with E-state index in [0.29, 0.717) is 79.2 Å². The number of fused-ring (bicyclic) bond motifs is 3. The molecular formula is C27H36N4O7. The van der Waals surface area contributed by atoms with E-state index < -0.39 is 6.09 Å². The van der Waals surface area contributed by atoms with Gasteiger partial charge in [-0.3, -0.25) is 0 Å². The Morgan fingerprint density at radius 3 is 1.74 bits per heavy atom. The molecule has 2 aromatic rings. The molecule has 1 amide bonds. The molecule has 2 aromatic carbocycles. The van der Waals surface area contributed by atoms with Crippen LogP contribution < -0.4 is 5.32 Å². The van der Waals surface area contributed by atoms with Crippen LogP contribution >= 0.6 is 0 Å². The van der Waals surface area contributed by atoms with E-state index >= 15 is 0 Å². The van der Waals surface area contributed by atoms with Crippen molar-refractivity contribution in [2.24, 2.45) is 5.11 Å². The van der Waals surface area contributed by atoms with Gasteiger partial charge < -0.3 is 33.7 Å². The van der Waals surface area contributed by atoms with Gasteiger partial charge in [0.05, 0.1) is 66.1 Å². The van der Waals surface area contributed by atoms with E-state index in [4.69, 9.17) is 34.0 Å². The lowest BCUT2D eigenvalue weighted by Crippen LogP contribution is -2.29. The summed E-state index contributed by atoms with van der Waals surface area (Å²) in [6, 6.07) is 16.5. The smallest absolute Gasteiger partial charge is 0.407 e. The summed E-state index contributed by atoms with van der Waals surface area (Å²) >= 11 is 0. The molecule has 0 saturated heterocycles. The van der Waals surface area contributed by atoms with Gasteiger partial charge in [0.1, 0.15) is 6.61 Å². The summed E-state index contributed by atoms with van der Waals surface area (Å²) < 4.78 is 32.4. The third kappa shape index (κ3) is 10.3. The lowest BCUT2D eigenvalue weighted by molar-refractivity contribution is -0.0103. The van der Waals surface area contributed by atoms with Gasteiger partial charge in [0.2, 0.25) is 0 Å². The summed E-state index contributed by atoms with van der Waals surface area (Å²) in [5.74, 6) is 0.0416. The number of hydrogen-bond acceptors (Lipinski definition) is 8. The maximum absolute atomic E-state index is 12.1. The predicted octanol–water partition coefficient (Wildman–Crippen LogP) is 3.92. The normalized spacial score (nSPS) is 12.0. The molecule has 0 bridgehead atoms. The van der Waals surface area contributed by atoms with Gasteiger partial charge in [-0.15, -0.1) is 0 Å². The van der Waals surface area contributed by atoms with Crippen molar-refractivity contribution in [3.05, 3.63) is 70.1 Å². The van der Waals surface area contributed by atoms with Gasteiger partial charge in [0.15, 0.2) is 0 Å². The molecule has 11 heteroatoms. The molecule has 0 atom stereocenters. The Balaban J connectivity index is 1.11. The standard InChI is InChI=1S/C27H36N4O7/c28-31-30-10-12-34-14-16-36-18-20-37-19-17-35-15-13-33-11-9-29-27(32)38-21-26-24-7-3-1-5-22(24)23-6-2-4-8-25(23)26/h1-8,26H,9-21H2,(H,29,32). The highest BCUT2D eigenvalue weighted by Crippen LogP contribution is 2.44. The average Bonchev–Trinajstić information content (AvgIpc) is 3.27. The summed E-state index contributed by atoms with van der Waals surface area (Å²) in [5.41, 5.74) is 12.9. The summed E-state index contributed by atoms with van der Waals surface area (Å²) in [5, 5.41) is 6.09. The largest absolute Gasteiger partial charge is 0.449 e. The molecule has 0 spiro atoms. The minimum Gasteiger partial charge on any atom is -0.449 e. The molecule has 0 radical (unpaired) electrons. The van der Waals surface area contributed by atoms with Crippen molar-refractivity contribution >= 4 is 6.09 Å². The monoisotopic (exact) mass is 528 g/mol. The first-order valence-electron chi connectivity index (χ1n) is 12.8. The Bertz CT molecular complexity index is 971. The number of benzene rings is 2. The Hall–Kier alpha value is -3.18. The van der Waals surface area contributed by atoms with Crippen molar-refractivity contribution in [2.75, 3.05) is 85.8 Å². The lowest BCUT2D eigenvalue weighted by Gasteiger charge is -2.14. The fourth-order valence-corrected chi connectivity index (χ4v) is 4.01. The molecule has 0 saturated carbocycles. The van der Waals surface area contributed by atoms with Gasteiger partial charge in [-0.05, 0) is 27.8 Å². The summed E-state index contributed by atoms with van der Waals surface area (Å²) in [6.07, 6.45) is -0.453. The predicted molar refractivity (Wildman–Crippen MR) is 141 cm³/mol. The molecule has 1 aliphatic carbocycles. The van der Waals surface area contributed by atoms with E-state index in [0.717, 1.165) is 0 Å². The number of amides is 1. The van der Waals surface area contributed by atoms with E-state index in [1.807, 2.05) is 24.3 Å². The van der Waals surface area contributed by atoms with E-state index in [9.17, 15) is 4.79 Å². The van der Waals surface area contributed by atoms with E-state index in [-0.39, 0.29) is 12.5 Å². The Kier molecular flexibility index (Phi) is 14.0. The third-order valence-corrected chi connectivity index (χ3v) is 5.75. The first-order valence-corrected chi connectivity index (χ1v) is 12.8. The zero-order valence-electron chi connectivity index (χ0n) is 21.6. The first kappa shape index (κ1) is 29.4. The maximum Gasteiger partial charge on any atom is 0.407 e.